The smallest absolute Gasteiger partial charge is 0.276 e. The standard InChI is InChI=1S/C16H14FN5O4S2/c1-22(10-4-2-9(17)3-5-10)28(25,26)13-8-11(14(18)23)16(27-13)20-15(24)12-6-7-19-21-12/h2-8H,1H3,(H2,18,23)(H,19,21)(H,20,24). The molecule has 0 unspecified atom stereocenters. The summed E-state index contributed by atoms with van der Waals surface area (Å²) in [6, 6.07) is 7.35. The minimum absolute atomic E-state index is 0.0217. The minimum atomic E-state index is -4.08. The third-order valence-corrected chi connectivity index (χ3v) is 7.03. The van der Waals surface area contributed by atoms with Gasteiger partial charge in [0.1, 0.15) is 20.7 Å². The zero-order valence-electron chi connectivity index (χ0n) is 14.3. The van der Waals surface area contributed by atoms with E-state index in [1.165, 1.54) is 31.4 Å². The first-order valence-electron chi connectivity index (χ1n) is 7.69. The Bertz CT molecular complexity index is 1120. The SMILES string of the molecule is CN(c1ccc(F)cc1)S(=O)(=O)c1cc(C(N)=O)c(NC(=O)c2cc[nH]n2)s1. The number of H-pyrrole nitrogens is 1. The summed E-state index contributed by atoms with van der Waals surface area (Å²) < 4.78 is 39.6. The minimum Gasteiger partial charge on any atom is -0.366 e. The molecule has 3 aromatic rings. The van der Waals surface area contributed by atoms with E-state index in [2.05, 4.69) is 15.5 Å². The number of thiophene rings is 1. The average molecular weight is 423 g/mol. The van der Waals surface area contributed by atoms with Crippen LogP contribution < -0.4 is 15.4 Å². The molecule has 0 aliphatic carbocycles. The van der Waals surface area contributed by atoms with E-state index in [0.717, 1.165) is 22.5 Å². The van der Waals surface area contributed by atoms with Gasteiger partial charge < -0.3 is 11.1 Å². The van der Waals surface area contributed by atoms with Gasteiger partial charge in [-0.15, -0.1) is 11.3 Å². The second-order valence-corrected chi connectivity index (χ2v) is 8.78. The summed E-state index contributed by atoms with van der Waals surface area (Å²) in [6.45, 7) is 0. The molecule has 4 N–H and O–H groups in total. The van der Waals surface area contributed by atoms with Gasteiger partial charge in [0, 0.05) is 13.2 Å². The second kappa shape index (κ2) is 7.40. The van der Waals surface area contributed by atoms with E-state index >= 15 is 0 Å². The Balaban J connectivity index is 1.96. The number of nitrogens with zero attached hydrogens (tertiary/aromatic N) is 2. The lowest BCUT2D eigenvalue weighted by Gasteiger charge is -2.18. The highest BCUT2D eigenvalue weighted by Gasteiger charge is 2.28. The normalized spacial score (nSPS) is 11.2. The molecule has 0 spiro atoms. The molecule has 2 amide bonds. The Morgan fingerprint density at radius 2 is 1.93 bits per heavy atom. The fourth-order valence-corrected chi connectivity index (χ4v) is 4.98. The van der Waals surface area contributed by atoms with Gasteiger partial charge in [0.15, 0.2) is 0 Å². The van der Waals surface area contributed by atoms with E-state index in [9.17, 15) is 22.4 Å². The van der Waals surface area contributed by atoms with E-state index < -0.39 is 27.7 Å². The van der Waals surface area contributed by atoms with Crippen molar-refractivity contribution in [2.45, 2.75) is 4.21 Å². The highest BCUT2D eigenvalue weighted by molar-refractivity contribution is 7.94. The first-order valence-corrected chi connectivity index (χ1v) is 9.95. The molecule has 0 saturated carbocycles. The maximum atomic E-state index is 13.1. The summed E-state index contributed by atoms with van der Waals surface area (Å²) in [5.41, 5.74) is 5.43. The Hall–Kier alpha value is -3.25. The predicted octanol–water partition coefficient (Wildman–Crippen LogP) is 1.79. The molecule has 9 nitrogen and oxygen atoms in total. The van der Waals surface area contributed by atoms with Gasteiger partial charge in [-0.1, -0.05) is 0 Å². The molecule has 0 radical (unpaired) electrons. The van der Waals surface area contributed by atoms with Crippen molar-refractivity contribution in [3.05, 3.63) is 59.7 Å². The molecule has 2 heterocycles. The van der Waals surface area contributed by atoms with Crippen LogP contribution in [0, 0.1) is 5.82 Å². The molecule has 1 aromatic carbocycles. The second-order valence-electron chi connectivity index (χ2n) is 5.54. The highest BCUT2D eigenvalue weighted by atomic mass is 32.2. The van der Waals surface area contributed by atoms with Crippen LogP contribution in [0.1, 0.15) is 20.8 Å². The number of primary amides is 1. The zero-order valence-corrected chi connectivity index (χ0v) is 16.0. The lowest BCUT2D eigenvalue weighted by molar-refractivity contribution is 0.100. The number of halogens is 1. The van der Waals surface area contributed by atoms with Crippen molar-refractivity contribution in [1.82, 2.24) is 10.2 Å². The van der Waals surface area contributed by atoms with Crippen LogP contribution in [0.5, 0.6) is 0 Å². The molecule has 0 atom stereocenters. The van der Waals surface area contributed by atoms with Gasteiger partial charge in [-0.25, -0.2) is 12.8 Å². The van der Waals surface area contributed by atoms with Crippen LogP contribution in [-0.4, -0.2) is 37.5 Å². The number of benzene rings is 1. The molecule has 2 aromatic heterocycles. The Morgan fingerprint density at radius 3 is 2.50 bits per heavy atom. The third kappa shape index (κ3) is 3.73. The van der Waals surface area contributed by atoms with Gasteiger partial charge >= 0.3 is 0 Å². The van der Waals surface area contributed by atoms with Crippen molar-refractivity contribution in [2.24, 2.45) is 5.73 Å². The largest absolute Gasteiger partial charge is 0.366 e. The van der Waals surface area contributed by atoms with Crippen LogP contribution in [0.15, 0.2) is 46.8 Å². The molecule has 0 aliphatic rings. The van der Waals surface area contributed by atoms with Crippen molar-refractivity contribution >= 4 is 43.9 Å². The molecule has 0 aliphatic heterocycles. The lowest BCUT2D eigenvalue weighted by Crippen LogP contribution is -2.25. The molecule has 0 bridgehead atoms. The number of rotatable bonds is 6. The number of aromatic amines is 1. The van der Waals surface area contributed by atoms with Gasteiger partial charge in [0.25, 0.3) is 21.8 Å². The number of hydrogen-bond donors (Lipinski definition) is 3. The maximum absolute atomic E-state index is 13.1. The predicted molar refractivity (Wildman–Crippen MR) is 101 cm³/mol. The van der Waals surface area contributed by atoms with Crippen molar-refractivity contribution < 1.29 is 22.4 Å². The monoisotopic (exact) mass is 423 g/mol. The number of carbonyl (C=O) groups excluding carboxylic acids is 2. The van der Waals surface area contributed by atoms with Crippen molar-refractivity contribution in [1.29, 1.82) is 0 Å². The number of carbonyl (C=O) groups is 2. The van der Waals surface area contributed by atoms with E-state index in [1.807, 2.05) is 0 Å². The summed E-state index contributed by atoms with van der Waals surface area (Å²) in [5, 5.41) is 8.60. The van der Waals surface area contributed by atoms with Crippen molar-refractivity contribution in [3.8, 4) is 0 Å². The van der Waals surface area contributed by atoms with Gasteiger partial charge in [-0.2, -0.15) is 5.10 Å². The molecule has 146 valence electrons. The van der Waals surface area contributed by atoms with Crippen LogP contribution in [0.4, 0.5) is 15.1 Å². The van der Waals surface area contributed by atoms with E-state index in [1.54, 1.807) is 0 Å². The Morgan fingerprint density at radius 1 is 1.25 bits per heavy atom. The van der Waals surface area contributed by atoms with Crippen molar-refractivity contribution in [3.63, 3.8) is 0 Å². The Kier molecular flexibility index (Phi) is 5.16. The van der Waals surface area contributed by atoms with E-state index in [4.69, 9.17) is 5.73 Å². The van der Waals surface area contributed by atoms with Crippen LogP contribution >= 0.6 is 11.3 Å². The van der Waals surface area contributed by atoms with Crippen LogP contribution in [0.25, 0.3) is 0 Å². The molecular weight excluding hydrogens is 409 g/mol. The third-order valence-electron chi connectivity index (χ3n) is 3.74. The summed E-state index contributed by atoms with van der Waals surface area (Å²) >= 11 is 0.672. The zero-order chi connectivity index (χ0) is 20.5. The topological polar surface area (TPSA) is 138 Å². The Labute approximate surface area is 163 Å². The van der Waals surface area contributed by atoms with E-state index in [0.29, 0.717) is 11.3 Å². The molecule has 0 fully saturated rings. The summed E-state index contributed by atoms with van der Waals surface area (Å²) in [4.78, 5) is 23.9. The van der Waals surface area contributed by atoms with Crippen molar-refractivity contribution in [2.75, 3.05) is 16.7 Å². The highest BCUT2D eigenvalue weighted by Crippen LogP contribution is 2.34. The van der Waals surface area contributed by atoms with Gasteiger partial charge in [0.05, 0.1) is 11.3 Å². The number of aromatic nitrogens is 2. The first-order chi connectivity index (χ1) is 13.2. The quantitative estimate of drug-likeness (QED) is 0.555. The molecule has 0 saturated heterocycles. The summed E-state index contributed by atoms with van der Waals surface area (Å²) in [5.74, 6) is -2.05. The van der Waals surface area contributed by atoms with Crippen LogP contribution in [0.3, 0.4) is 0 Å². The molecule has 28 heavy (non-hydrogen) atoms. The maximum Gasteiger partial charge on any atom is 0.276 e. The number of amides is 2. The first kappa shape index (κ1) is 19.5. The summed E-state index contributed by atoms with van der Waals surface area (Å²) in [7, 11) is -2.80. The summed E-state index contributed by atoms with van der Waals surface area (Å²) in [6.07, 6.45) is 1.44. The number of sulfonamides is 1. The number of anilines is 2. The molecule has 12 heteroatoms. The van der Waals surface area contributed by atoms with Gasteiger partial charge in [0.2, 0.25) is 0 Å². The fourth-order valence-electron chi connectivity index (χ4n) is 2.25. The van der Waals surface area contributed by atoms with Crippen LogP contribution in [0.2, 0.25) is 0 Å². The van der Waals surface area contributed by atoms with Gasteiger partial charge in [-0.3, -0.25) is 19.0 Å². The number of hydrogen-bond acceptors (Lipinski definition) is 6. The fraction of sp³-hybridized carbons (Fsp3) is 0.0625. The lowest BCUT2D eigenvalue weighted by atomic mass is 10.3. The van der Waals surface area contributed by atoms with E-state index in [-0.39, 0.29) is 26.2 Å². The molecule has 3 rings (SSSR count). The number of nitrogens with one attached hydrogen (secondary N) is 2. The average Bonchev–Trinajstić information content (AvgIpc) is 3.32. The number of nitrogens with two attached hydrogens (primary N) is 1. The molecular formula is C16H14FN5O4S2. The van der Waals surface area contributed by atoms with Crippen LogP contribution in [-0.2, 0) is 10.0 Å². The van der Waals surface area contributed by atoms with Gasteiger partial charge in [-0.05, 0) is 36.4 Å².